The Morgan fingerprint density at radius 2 is 2.21 bits per heavy atom. The van der Waals surface area contributed by atoms with Gasteiger partial charge in [0.1, 0.15) is 11.9 Å². The number of hydrogen-bond acceptors (Lipinski definition) is 3. The number of carbonyl (C=O) groups excluding carboxylic acids is 1. The Kier molecular flexibility index (Phi) is 6.29. The minimum absolute atomic E-state index is 0.156. The molecule has 1 aromatic carbocycles. The van der Waals surface area contributed by atoms with Crippen LogP contribution in [0.3, 0.4) is 0 Å². The summed E-state index contributed by atoms with van der Waals surface area (Å²) in [6.45, 7) is 4.67. The zero-order chi connectivity index (χ0) is 14.3. The van der Waals surface area contributed by atoms with Crippen LogP contribution in [0.25, 0.3) is 0 Å². The number of rotatable bonds is 7. The van der Waals surface area contributed by atoms with E-state index in [1.54, 1.807) is 26.2 Å². The molecule has 0 fully saturated rings. The smallest absolute Gasteiger partial charge is 0.242 e. The van der Waals surface area contributed by atoms with Crippen molar-refractivity contribution in [1.29, 1.82) is 0 Å². The van der Waals surface area contributed by atoms with Gasteiger partial charge in [0.15, 0.2) is 0 Å². The highest BCUT2D eigenvalue weighted by atomic mass is 19.1. The fourth-order valence-electron chi connectivity index (χ4n) is 1.62. The van der Waals surface area contributed by atoms with Crippen LogP contribution in [-0.2, 0) is 9.53 Å². The number of benzene rings is 1. The van der Waals surface area contributed by atoms with E-state index in [1.165, 1.54) is 6.07 Å². The number of hydrogen-bond donors (Lipinski definition) is 2. The molecule has 2 N–H and O–H groups in total. The van der Waals surface area contributed by atoms with Crippen molar-refractivity contribution in [2.24, 2.45) is 0 Å². The van der Waals surface area contributed by atoms with E-state index in [0.29, 0.717) is 18.8 Å². The SMILES string of the molecule is COCCCNC(=O)C(C)Nc1ccc(C)cc1F. The number of aryl methyl sites for hydroxylation is 1. The molecule has 1 unspecified atom stereocenters. The molecule has 4 nitrogen and oxygen atoms in total. The molecule has 106 valence electrons. The molecule has 0 bridgehead atoms. The average Bonchev–Trinajstić information content (AvgIpc) is 2.37. The lowest BCUT2D eigenvalue weighted by Crippen LogP contribution is -2.38. The van der Waals surface area contributed by atoms with Gasteiger partial charge in [0.25, 0.3) is 0 Å². The van der Waals surface area contributed by atoms with Crippen LogP contribution < -0.4 is 10.6 Å². The van der Waals surface area contributed by atoms with Crippen molar-refractivity contribution in [2.75, 3.05) is 25.6 Å². The highest BCUT2D eigenvalue weighted by molar-refractivity contribution is 5.84. The summed E-state index contributed by atoms with van der Waals surface area (Å²) in [5.41, 5.74) is 1.19. The molecule has 0 aromatic heterocycles. The highest BCUT2D eigenvalue weighted by Gasteiger charge is 2.13. The molecule has 0 saturated carbocycles. The minimum Gasteiger partial charge on any atom is -0.385 e. The van der Waals surface area contributed by atoms with Gasteiger partial charge in [0.05, 0.1) is 5.69 Å². The molecular weight excluding hydrogens is 247 g/mol. The second-order valence-corrected chi connectivity index (χ2v) is 4.49. The van der Waals surface area contributed by atoms with E-state index in [0.717, 1.165) is 12.0 Å². The van der Waals surface area contributed by atoms with Gasteiger partial charge in [-0.05, 0) is 38.0 Å². The average molecular weight is 268 g/mol. The summed E-state index contributed by atoms with van der Waals surface area (Å²) in [7, 11) is 1.62. The van der Waals surface area contributed by atoms with Crippen molar-refractivity contribution in [1.82, 2.24) is 5.32 Å². The molecule has 0 radical (unpaired) electrons. The first kappa shape index (κ1) is 15.4. The third kappa shape index (κ3) is 5.26. The van der Waals surface area contributed by atoms with Crippen molar-refractivity contribution >= 4 is 11.6 Å². The number of nitrogens with one attached hydrogen (secondary N) is 2. The minimum atomic E-state index is -0.486. The van der Waals surface area contributed by atoms with Crippen LogP contribution in [-0.4, -0.2) is 32.2 Å². The summed E-state index contributed by atoms with van der Waals surface area (Å²) in [6, 6.07) is 4.39. The zero-order valence-corrected chi connectivity index (χ0v) is 11.6. The van der Waals surface area contributed by atoms with Crippen LogP contribution in [0.1, 0.15) is 18.9 Å². The van der Waals surface area contributed by atoms with Gasteiger partial charge in [-0.15, -0.1) is 0 Å². The van der Waals surface area contributed by atoms with Crippen molar-refractivity contribution in [3.63, 3.8) is 0 Å². The zero-order valence-electron chi connectivity index (χ0n) is 11.6. The summed E-state index contributed by atoms with van der Waals surface area (Å²) >= 11 is 0. The molecule has 19 heavy (non-hydrogen) atoms. The lowest BCUT2D eigenvalue weighted by molar-refractivity contribution is -0.121. The van der Waals surface area contributed by atoms with Gasteiger partial charge in [-0.25, -0.2) is 4.39 Å². The predicted molar refractivity (Wildman–Crippen MR) is 73.7 cm³/mol. The Morgan fingerprint density at radius 3 is 2.84 bits per heavy atom. The highest BCUT2D eigenvalue weighted by Crippen LogP contribution is 2.16. The van der Waals surface area contributed by atoms with Crippen molar-refractivity contribution in [3.05, 3.63) is 29.6 Å². The third-order valence-electron chi connectivity index (χ3n) is 2.71. The molecule has 0 aliphatic rings. The second-order valence-electron chi connectivity index (χ2n) is 4.49. The molecule has 0 aliphatic carbocycles. The fraction of sp³-hybridized carbons (Fsp3) is 0.500. The van der Waals surface area contributed by atoms with E-state index in [-0.39, 0.29) is 11.7 Å². The topological polar surface area (TPSA) is 50.4 Å². The Morgan fingerprint density at radius 1 is 1.47 bits per heavy atom. The quantitative estimate of drug-likeness (QED) is 0.744. The Bertz CT molecular complexity index is 424. The Labute approximate surface area is 113 Å². The largest absolute Gasteiger partial charge is 0.385 e. The number of carbonyl (C=O) groups is 1. The molecule has 0 heterocycles. The molecule has 0 spiro atoms. The van der Waals surface area contributed by atoms with Crippen molar-refractivity contribution in [3.8, 4) is 0 Å². The number of halogens is 1. The maximum atomic E-state index is 13.6. The summed E-state index contributed by atoms with van der Waals surface area (Å²) in [6.07, 6.45) is 0.758. The van der Waals surface area contributed by atoms with Gasteiger partial charge in [0.2, 0.25) is 5.91 Å². The molecular formula is C14H21FN2O2. The molecule has 1 amide bonds. The fourth-order valence-corrected chi connectivity index (χ4v) is 1.62. The van der Waals surface area contributed by atoms with Crippen molar-refractivity contribution < 1.29 is 13.9 Å². The number of ether oxygens (including phenoxy) is 1. The van der Waals surface area contributed by atoms with Crippen LogP contribution >= 0.6 is 0 Å². The van der Waals surface area contributed by atoms with Gasteiger partial charge in [-0.1, -0.05) is 6.07 Å². The van der Waals surface area contributed by atoms with Crippen LogP contribution in [0, 0.1) is 12.7 Å². The molecule has 1 rings (SSSR count). The van der Waals surface area contributed by atoms with Gasteiger partial charge in [-0.2, -0.15) is 0 Å². The summed E-state index contributed by atoms with van der Waals surface area (Å²) in [5.74, 6) is -0.505. The van der Waals surface area contributed by atoms with E-state index >= 15 is 0 Å². The van der Waals surface area contributed by atoms with E-state index in [4.69, 9.17) is 4.74 Å². The first-order valence-corrected chi connectivity index (χ1v) is 6.34. The lowest BCUT2D eigenvalue weighted by atomic mass is 10.2. The Hall–Kier alpha value is -1.62. The van der Waals surface area contributed by atoms with Gasteiger partial charge in [0, 0.05) is 20.3 Å². The van der Waals surface area contributed by atoms with Gasteiger partial charge in [-0.3, -0.25) is 4.79 Å². The molecule has 0 aliphatic heterocycles. The number of anilines is 1. The summed E-state index contributed by atoms with van der Waals surface area (Å²) < 4.78 is 18.5. The second kappa shape index (κ2) is 7.74. The molecule has 5 heteroatoms. The van der Waals surface area contributed by atoms with E-state index in [1.807, 2.05) is 6.92 Å². The molecule has 1 aromatic rings. The Balaban J connectivity index is 2.45. The molecule has 0 saturated heterocycles. The van der Waals surface area contributed by atoms with Crippen molar-refractivity contribution in [2.45, 2.75) is 26.3 Å². The first-order valence-electron chi connectivity index (χ1n) is 6.34. The first-order chi connectivity index (χ1) is 9.04. The van der Waals surface area contributed by atoms with Crippen LogP contribution in [0.5, 0.6) is 0 Å². The van der Waals surface area contributed by atoms with Crippen LogP contribution in [0.4, 0.5) is 10.1 Å². The van der Waals surface area contributed by atoms with E-state index in [9.17, 15) is 9.18 Å². The maximum Gasteiger partial charge on any atom is 0.242 e. The maximum absolute atomic E-state index is 13.6. The van der Waals surface area contributed by atoms with Crippen LogP contribution in [0.15, 0.2) is 18.2 Å². The monoisotopic (exact) mass is 268 g/mol. The summed E-state index contributed by atoms with van der Waals surface area (Å²) in [5, 5.41) is 5.62. The number of methoxy groups -OCH3 is 1. The number of amides is 1. The normalized spacial score (nSPS) is 12.0. The molecule has 1 atom stereocenters. The standard InChI is InChI=1S/C14H21FN2O2/c1-10-5-6-13(12(15)9-10)17-11(2)14(18)16-7-4-8-19-3/h5-6,9,11,17H,4,7-8H2,1-3H3,(H,16,18). The lowest BCUT2D eigenvalue weighted by Gasteiger charge is -2.16. The van der Waals surface area contributed by atoms with Gasteiger partial charge < -0.3 is 15.4 Å². The summed E-state index contributed by atoms with van der Waals surface area (Å²) in [4.78, 5) is 11.8. The predicted octanol–water partition coefficient (Wildman–Crippen LogP) is 2.09. The van der Waals surface area contributed by atoms with Gasteiger partial charge >= 0.3 is 0 Å². The van der Waals surface area contributed by atoms with E-state index < -0.39 is 6.04 Å². The van der Waals surface area contributed by atoms with Crippen LogP contribution in [0.2, 0.25) is 0 Å². The third-order valence-corrected chi connectivity index (χ3v) is 2.71. The van der Waals surface area contributed by atoms with E-state index in [2.05, 4.69) is 10.6 Å².